The average molecular weight is 648 g/mol. The number of carboxylic acid groups (broad SMARTS) is 1. The molecule has 0 fully saturated rings. The van der Waals surface area contributed by atoms with Crippen LogP contribution in [-0.4, -0.2) is 56.8 Å². The molecule has 0 aliphatic carbocycles. The SMILES string of the molecule is CN(c1ccc2c(c1)nc(Nc1ccc(F)cc1)n2C)c1ccnc(Nc2ccc(CS(=O)(=O)O)cc2)n1.O=C(O)C(F)(F)F. The largest absolute Gasteiger partial charge is 0.490 e. The summed E-state index contributed by atoms with van der Waals surface area (Å²) in [6.45, 7) is 0. The van der Waals surface area contributed by atoms with Crippen LogP contribution in [0.1, 0.15) is 5.56 Å². The Morgan fingerprint density at radius 3 is 2.16 bits per heavy atom. The van der Waals surface area contributed by atoms with Crippen LogP contribution in [0.25, 0.3) is 11.0 Å². The van der Waals surface area contributed by atoms with Crippen LogP contribution in [0.15, 0.2) is 79.0 Å². The summed E-state index contributed by atoms with van der Waals surface area (Å²) in [7, 11) is -0.302. The van der Waals surface area contributed by atoms with Crippen molar-refractivity contribution in [2.75, 3.05) is 22.6 Å². The van der Waals surface area contributed by atoms with Crippen molar-refractivity contribution < 1.29 is 40.4 Å². The number of hydrogen-bond acceptors (Lipinski definition) is 9. The third-order valence-corrected chi connectivity index (χ3v) is 6.84. The molecule has 0 saturated carbocycles. The monoisotopic (exact) mass is 647 g/mol. The standard InChI is InChI=1S/C26H24FN7O3S.C2HF3O2/c1-33(24-13-14-28-25(32-24)29-19-7-3-17(4-8-19)16-38(35,36)37)21-11-12-23-22(15-21)31-26(34(23)2)30-20-9-5-18(27)6-10-20;3-2(4,5)1(6)7/h3-15H,16H2,1-2H3,(H,30,31)(H,28,29,32)(H,35,36,37);(H,6,7). The maximum Gasteiger partial charge on any atom is 0.490 e. The van der Waals surface area contributed by atoms with Crippen molar-refractivity contribution >= 4 is 61.9 Å². The number of aryl methyl sites for hydroxylation is 1. The van der Waals surface area contributed by atoms with Gasteiger partial charge >= 0.3 is 12.1 Å². The molecular weight excluding hydrogens is 622 g/mol. The number of fused-ring (bicyclic) bond motifs is 1. The minimum atomic E-state index is -5.08. The number of aromatic nitrogens is 4. The minimum absolute atomic E-state index is 0.301. The molecule has 12 nitrogen and oxygen atoms in total. The first-order chi connectivity index (χ1) is 21.1. The zero-order chi connectivity index (χ0) is 32.9. The fourth-order valence-corrected chi connectivity index (χ4v) is 4.54. The van der Waals surface area contributed by atoms with Gasteiger partial charge in [0.15, 0.2) is 0 Å². The van der Waals surface area contributed by atoms with Gasteiger partial charge in [0.25, 0.3) is 10.1 Å². The predicted octanol–water partition coefficient (Wildman–Crippen LogP) is 5.78. The highest BCUT2D eigenvalue weighted by atomic mass is 32.2. The van der Waals surface area contributed by atoms with Gasteiger partial charge in [-0.1, -0.05) is 12.1 Å². The molecule has 0 radical (unpaired) electrons. The van der Waals surface area contributed by atoms with Gasteiger partial charge < -0.3 is 25.2 Å². The number of imidazole rings is 1. The molecule has 2 heterocycles. The van der Waals surface area contributed by atoms with Crippen LogP contribution in [0.4, 0.5) is 52.3 Å². The minimum Gasteiger partial charge on any atom is -0.475 e. The molecular formula is C28H25F4N7O5S. The third-order valence-electron chi connectivity index (χ3n) is 6.14. The lowest BCUT2D eigenvalue weighted by molar-refractivity contribution is -0.192. The molecule has 5 aromatic rings. The first kappa shape index (κ1) is 32.6. The van der Waals surface area contributed by atoms with Gasteiger partial charge in [0.2, 0.25) is 11.9 Å². The van der Waals surface area contributed by atoms with E-state index in [1.807, 2.05) is 41.8 Å². The fraction of sp³-hybridized carbons (Fsp3) is 0.143. The topological polar surface area (TPSA) is 163 Å². The summed E-state index contributed by atoms with van der Waals surface area (Å²) >= 11 is 0. The number of benzene rings is 3. The predicted molar refractivity (Wildman–Crippen MR) is 159 cm³/mol. The van der Waals surface area contributed by atoms with Gasteiger partial charge in [-0.2, -0.15) is 26.6 Å². The Kier molecular flexibility index (Phi) is 9.53. The number of rotatable bonds is 8. The lowest BCUT2D eigenvalue weighted by Crippen LogP contribution is -2.21. The molecule has 5 rings (SSSR count). The second-order valence-electron chi connectivity index (χ2n) is 9.45. The Balaban J connectivity index is 0.000000591. The van der Waals surface area contributed by atoms with E-state index in [-0.39, 0.29) is 5.82 Å². The lowest BCUT2D eigenvalue weighted by Gasteiger charge is -2.19. The zero-order valence-corrected chi connectivity index (χ0v) is 24.3. The molecule has 2 aromatic heterocycles. The van der Waals surface area contributed by atoms with Crippen molar-refractivity contribution in [2.45, 2.75) is 11.9 Å². The van der Waals surface area contributed by atoms with Crippen molar-refractivity contribution in [1.29, 1.82) is 0 Å². The number of nitrogens with one attached hydrogen (secondary N) is 2. The number of carbonyl (C=O) groups is 1. The van der Waals surface area contributed by atoms with Gasteiger partial charge in [-0.3, -0.25) is 4.55 Å². The maximum absolute atomic E-state index is 13.2. The van der Waals surface area contributed by atoms with Crippen molar-refractivity contribution in [3.05, 3.63) is 90.4 Å². The summed E-state index contributed by atoms with van der Waals surface area (Å²) in [6, 6.07) is 20.3. The molecule has 17 heteroatoms. The summed E-state index contributed by atoms with van der Waals surface area (Å²) in [4.78, 5) is 24.4. The van der Waals surface area contributed by atoms with E-state index in [2.05, 4.69) is 20.6 Å². The van der Waals surface area contributed by atoms with Crippen LogP contribution in [0.3, 0.4) is 0 Å². The summed E-state index contributed by atoms with van der Waals surface area (Å²) < 4.78 is 78.0. The Bertz CT molecular complexity index is 1920. The van der Waals surface area contributed by atoms with E-state index in [0.29, 0.717) is 29.0 Å². The molecule has 0 spiro atoms. The maximum atomic E-state index is 13.2. The zero-order valence-electron chi connectivity index (χ0n) is 23.5. The lowest BCUT2D eigenvalue weighted by atomic mass is 10.2. The van der Waals surface area contributed by atoms with Crippen LogP contribution in [0, 0.1) is 5.82 Å². The highest BCUT2D eigenvalue weighted by molar-refractivity contribution is 7.85. The molecule has 0 saturated heterocycles. The first-order valence-electron chi connectivity index (χ1n) is 12.8. The van der Waals surface area contributed by atoms with Crippen LogP contribution in [0.5, 0.6) is 0 Å². The van der Waals surface area contributed by atoms with Gasteiger partial charge in [0, 0.05) is 37.4 Å². The second kappa shape index (κ2) is 13.1. The van der Waals surface area contributed by atoms with Crippen molar-refractivity contribution in [3.8, 4) is 0 Å². The number of aliphatic carboxylic acids is 1. The second-order valence-corrected chi connectivity index (χ2v) is 10.9. The smallest absolute Gasteiger partial charge is 0.475 e. The Hall–Kier alpha value is -5.29. The molecule has 45 heavy (non-hydrogen) atoms. The molecule has 3 aromatic carbocycles. The number of hydrogen-bond donors (Lipinski definition) is 4. The number of carboxylic acids is 1. The summed E-state index contributed by atoms with van der Waals surface area (Å²) in [5, 5.41) is 13.4. The van der Waals surface area contributed by atoms with Crippen LogP contribution in [0.2, 0.25) is 0 Å². The van der Waals surface area contributed by atoms with E-state index < -0.39 is 28.0 Å². The first-order valence-corrected chi connectivity index (χ1v) is 14.4. The number of nitrogens with zero attached hydrogens (tertiary/aromatic N) is 5. The van der Waals surface area contributed by atoms with E-state index in [1.165, 1.54) is 12.1 Å². The molecule has 0 amide bonds. The van der Waals surface area contributed by atoms with Gasteiger partial charge in [-0.05, 0) is 66.2 Å². The van der Waals surface area contributed by atoms with Crippen LogP contribution >= 0.6 is 0 Å². The van der Waals surface area contributed by atoms with E-state index >= 15 is 0 Å². The van der Waals surface area contributed by atoms with Gasteiger partial charge in [-0.25, -0.2) is 19.2 Å². The van der Waals surface area contributed by atoms with Crippen molar-refractivity contribution in [1.82, 2.24) is 19.5 Å². The van der Waals surface area contributed by atoms with Crippen LogP contribution in [-0.2, 0) is 27.7 Å². The van der Waals surface area contributed by atoms with E-state index in [4.69, 9.17) is 19.4 Å². The van der Waals surface area contributed by atoms with Crippen LogP contribution < -0.4 is 15.5 Å². The summed E-state index contributed by atoms with van der Waals surface area (Å²) in [5.41, 5.74) is 4.43. The molecule has 0 unspecified atom stereocenters. The van der Waals surface area contributed by atoms with Gasteiger partial charge in [0.1, 0.15) is 17.4 Å². The van der Waals surface area contributed by atoms with Crippen molar-refractivity contribution in [2.24, 2.45) is 7.05 Å². The quantitative estimate of drug-likeness (QED) is 0.119. The van der Waals surface area contributed by atoms with E-state index in [1.54, 1.807) is 48.7 Å². The molecule has 0 aliphatic rings. The van der Waals surface area contributed by atoms with Crippen molar-refractivity contribution in [3.63, 3.8) is 0 Å². The normalized spacial score (nSPS) is 11.4. The fourth-order valence-electron chi connectivity index (χ4n) is 3.92. The highest BCUT2D eigenvalue weighted by Gasteiger charge is 2.38. The van der Waals surface area contributed by atoms with E-state index in [0.717, 1.165) is 22.4 Å². The Morgan fingerprint density at radius 2 is 1.56 bits per heavy atom. The number of anilines is 6. The molecule has 0 aliphatic heterocycles. The molecule has 4 N–H and O–H groups in total. The molecule has 0 bridgehead atoms. The van der Waals surface area contributed by atoms with Gasteiger partial charge in [-0.15, -0.1) is 0 Å². The van der Waals surface area contributed by atoms with E-state index in [9.17, 15) is 26.0 Å². The summed E-state index contributed by atoms with van der Waals surface area (Å²) in [5.74, 6) is -1.87. The Labute approximate surface area is 253 Å². The number of halogens is 4. The molecule has 236 valence electrons. The Morgan fingerprint density at radius 1 is 0.956 bits per heavy atom. The highest BCUT2D eigenvalue weighted by Crippen LogP contribution is 2.29. The van der Waals surface area contributed by atoms with Gasteiger partial charge in [0.05, 0.1) is 11.0 Å². The summed E-state index contributed by atoms with van der Waals surface area (Å²) in [6.07, 6.45) is -3.45. The third kappa shape index (κ3) is 8.87. The molecule has 0 atom stereocenters. The number of alkyl halides is 3. The average Bonchev–Trinajstić information content (AvgIpc) is 3.28.